The molecule has 0 aliphatic rings. The van der Waals surface area contributed by atoms with Crippen molar-refractivity contribution in [3.05, 3.63) is 70.2 Å². The van der Waals surface area contributed by atoms with Gasteiger partial charge in [-0.05, 0) is 35.0 Å². The van der Waals surface area contributed by atoms with Crippen molar-refractivity contribution in [1.82, 2.24) is 9.88 Å². The molecule has 3 nitrogen and oxygen atoms in total. The average molecular weight is 352 g/mol. The lowest BCUT2D eigenvalue weighted by molar-refractivity contribution is -0.121. The van der Waals surface area contributed by atoms with E-state index < -0.39 is 0 Å². The number of aromatic nitrogens is 1. The van der Waals surface area contributed by atoms with E-state index in [-0.39, 0.29) is 5.91 Å². The summed E-state index contributed by atoms with van der Waals surface area (Å²) in [7, 11) is 0. The molecule has 4 aromatic rings. The van der Waals surface area contributed by atoms with Crippen molar-refractivity contribution in [3.8, 4) is 10.6 Å². The lowest BCUT2D eigenvalue weighted by Crippen LogP contribution is -2.26. The summed E-state index contributed by atoms with van der Waals surface area (Å²) in [6.07, 6.45) is 0. The number of para-hydroxylation sites is 1. The fourth-order valence-corrected chi connectivity index (χ4v) is 4.20. The van der Waals surface area contributed by atoms with Crippen molar-refractivity contribution in [2.75, 3.05) is 0 Å². The largest absolute Gasteiger partial charge is 0.350 e. The van der Waals surface area contributed by atoms with E-state index in [9.17, 15) is 4.79 Å². The van der Waals surface area contributed by atoms with Gasteiger partial charge in [0.25, 0.3) is 0 Å². The second kappa shape index (κ2) is 6.63. The first-order valence-electron chi connectivity index (χ1n) is 7.72. The molecule has 0 unspecified atom stereocenters. The average Bonchev–Trinajstić information content (AvgIpc) is 3.34. The van der Waals surface area contributed by atoms with E-state index in [0.29, 0.717) is 13.1 Å². The van der Waals surface area contributed by atoms with Gasteiger partial charge in [0, 0.05) is 15.8 Å². The second-order valence-corrected chi connectivity index (χ2v) is 7.49. The van der Waals surface area contributed by atoms with E-state index in [1.165, 1.54) is 9.75 Å². The molecule has 0 atom stereocenters. The number of benzene rings is 1. The molecule has 120 valence electrons. The third-order valence-corrected chi connectivity index (χ3v) is 5.69. The van der Waals surface area contributed by atoms with Crippen LogP contribution in [-0.4, -0.2) is 10.5 Å². The summed E-state index contributed by atoms with van der Waals surface area (Å²) >= 11 is 3.35. The Balaban J connectivity index is 1.62. The van der Waals surface area contributed by atoms with Crippen LogP contribution in [0.5, 0.6) is 0 Å². The number of nitrogens with one attached hydrogen (secondary N) is 1. The molecular formula is C19H16N2OS2. The molecule has 0 aliphatic heterocycles. The standard InChI is InChI=1S/C19H16N2OS2/c22-19(20-12-15-6-3-9-23-15)13-21-16-7-2-1-5-14(16)11-17(21)18-8-4-10-24-18/h1-11H,12-13H2,(H,20,22). The maximum atomic E-state index is 12.4. The maximum absolute atomic E-state index is 12.4. The van der Waals surface area contributed by atoms with Crippen molar-refractivity contribution < 1.29 is 4.79 Å². The number of rotatable bonds is 5. The topological polar surface area (TPSA) is 34.0 Å². The van der Waals surface area contributed by atoms with Crippen LogP contribution in [0.3, 0.4) is 0 Å². The highest BCUT2D eigenvalue weighted by molar-refractivity contribution is 7.13. The van der Waals surface area contributed by atoms with Crippen molar-refractivity contribution >= 4 is 39.5 Å². The molecule has 0 fully saturated rings. The lowest BCUT2D eigenvalue weighted by Gasteiger charge is -2.10. The van der Waals surface area contributed by atoms with Gasteiger partial charge >= 0.3 is 0 Å². The van der Waals surface area contributed by atoms with Gasteiger partial charge in [-0.25, -0.2) is 0 Å². The fourth-order valence-electron chi connectivity index (χ4n) is 2.81. The van der Waals surface area contributed by atoms with Gasteiger partial charge in [-0.2, -0.15) is 0 Å². The zero-order chi connectivity index (χ0) is 16.4. The monoisotopic (exact) mass is 352 g/mol. The number of thiophene rings is 2. The van der Waals surface area contributed by atoms with E-state index in [4.69, 9.17) is 0 Å². The van der Waals surface area contributed by atoms with Gasteiger partial charge in [0.1, 0.15) is 6.54 Å². The van der Waals surface area contributed by atoms with Gasteiger partial charge in [-0.15, -0.1) is 22.7 Å². The number of nitrogens with zero attached hydrogens (tertiary/aromatic N) is 1. The fraction of sp³-hybridized carbons (Fsp3) is 0.105. The molecule has 0 aliphatic carbocycles. The minimum atomic E-state index is 0.0301. The number of hydrogen-bond acceptors (Lipinski definition) is 3. The Morgan fingerprint density at radius 1 is 1.00 bits per heavy atom. The molecule has 0 spiro atoms. The SMILES string of the molecule is O=C(Cn1c(-c2cccs2)cc2ccccc21)NCc1cccs1. The number of fused-ring (bicyclic) bond motifs is 1. The smallest absolute Gasteiger partial charge is 0.240 e. The van der Waals surface area contributed by atoms with Gasteiger partial charge in [-0.3, -0.25) is 4.79 Å². The normalized spacial score (nSPS) is 11.0. The third-order valence-electron chi connectivity index (χ3n) is 3.93. The zero-order valence-electron chi connectivity index (χ0n) is 12.9. The highest BCUT2D eigenvalue weighted by Gasteiger charge is 2.14. The van der Waals surface area contributed by atoms with Crippen molar-refractivity contribution in [2.45, 2.75) is 13.1 Å². The molecule has 1 N–H and O–H groups in total. The number of carbonyl (C=O) groups is 1. The van der Waals surface area contributed by atoms with Crippen LogP contribution in [0.2, 0.25) is 0 Å². The summed E-state index contributed by atoms with van der Waals surface area (Å²) in [4.78, 5) is 14.8. The molecule has 0 radical (unpaired) electrons. The van der Waals surface area contributed by atoms with Crippen LogP contribution in [0.1, 0.15) is 4.88 Å². The molecule has 0 saturated heterocycles. The molecule has 1 aromatic carbocycles. The minimum absolute atomic E-state index is 0.0301. The molecule has 1 amide bonds. The summed E-state index contributed by atoms with van der Waals surface area (Å²) < 4.78 is 2.10. The van der Waals surface area contributed by atoms with E-state index >= 15 is 0 Å². The molecule has 0 saturated carbocycles. The van der Waals surface area contributed by atoms with E-state index in [1.54, 1.807) is 22.7 Å². The van der Waals surface area contributed by atoms with Crippen LogP contribution in [0.25, 0.3) is 21.5 Å². The van der Waals surface area contributed by atoms with Gasteiger partial charge in [0.15, 0.2) is 0 Å². The Hall–Kier alpha value is -2.37. The van der Waals surface area contributed by atoms with Gasteiger partial charge in [0.05, 0.1) is 17.1 Å². The number of hydrogen-bond donors (Lipinski definition) is 1. The Labute approximate surface area is 148 Å². The van der Waals surface area contributed by atoms with Crippen molar-refractivity contribution in [3.63, 3.8) is 0 Å². The van der Waals surface area contributed by atoms with E-state index in [1.807, 2.05) is 35.7 Å². The lowest BCUT2D eigenvalue weighted by atomic mass is 10.2. The molecule has 5 heteroatoms. The molecule has 24 heavy (non-hydrogen) atoms. The quantitative estimate of drug-likeness (QED) is 0.553. The van der Waals surface area contributed by atoms with Crippen molar-refractivity contribution in [2.24, 2.45) is 0 Å². The maximum Gasteiger partial charge on any atom is 0.240 e. The predicted octanol–water partition coefficient (Wildman–Crippen LogP) is 4.75. The number of carbonyl (C=O) groups excluding carboxylic acids is 1. The zero-order valence-corrected chi connectivity index (χ0v) is 14.6. The van der Waals surface area contributed by atoms with Gasteiger partial charge in [0.2, 0.25) is 5.91 Å². The van der Waals surface area contributed by atoms with Crippen LogP contribution in [0.15, 0.2) is 65.4 Å². The van der Waals surface area contributed by atoms with E-state index in [2.05, 4.69) is 39.5 Å². The molecule has 4 rings (SSSR count). The Kier molecular flexibility index (Phi) is 4.19. The molecule has 3 aromatic heterocycles. The highest BCUT2D eigenvalue weighted by Crippen LogP contribution is 2.31. The van der Waals surface area contributed by atoms with Crippen LogP contribution in [-0.2, 0) is 17.9 Å². The third kappa shape index (κ3) is 3.00. The molecule has 3 heterocycles. The summed E-state index contributed by atoms with van der Waals surface area (Å²) in [5.41, 5.74) is 2.18. The summed E-state index contributed by atoms with van der Waals surface area (Å²) in [6.45, 7) is 0.913. The highest BCUT2D eigenvalue weighted by atomic mass is 32.1. The Morgan fingerprint density at radius 2 is 1.83 bits per heavy atom. The Morgan fingerprint density at radius 3 is 2.62 bits per heavy atom. The van der Waals surface area contributed by atoms with Crippen LogP contribution in [0.4, 0.5) is 0 Å². The summed E-state index contributed by atoms with van der Waals surface area (Å²) in [6, 6.07) is 18.5. The molecular weight excluding hydrogens is 336 g/mol. The summed E-state index contributed by atoms with van der Waals surface area (Å²) in [5, 5.41) is 8.26. The first kappa shape index (κ1) is 15.2. The minimum Gasteiger partial charge on any atom is -0.350 e. The van der Waals surface area contributed by atoms with E-state index in [0.717, 1.165) is 16.6 Å². The predicted molar refractivity (Wildman–Crippen MR) is 101 cm³/mol. The van der Waals surface area contributed by atoms with Crippen LogP contribution in [0, 0.1) is 0 Å². The van der Waals surface area contributed by atoms with Crippen molar-refractivity contribution in [1.29, 1.82) is 0 Å². The van der Waals surface area contributed by atoms with Gasteiger partial charge in [-0.1, -0.05) is 30.3 Å². The summed E-state index contributed by atoms with van der Waals surface area (Å²) in [5.74, 6) is 0.0301. The first-order valence-corrected chi connectivity index (χ1v) is 9.48. The van der Waals surface area contributed by atoms with Gasteiger partial charge < -0.3 is 9.88 Å². The Bertz CT molecular complexity index is 953. The molecule has 0 bridgehead atoms. The number of amides is 1. The first-order chi connectivity index (χ1) is 11.8. The van der Waals surface area contributed by atoms with Crippen LogP contribution >= 0.6 is 22.7 Å². The van der Waals surface area contributed by atoms with Crippen LogP contribution < -0.4 is 5.32 Å². The second-order valence-electron chi connectivity index (χ2n) is 5.51.